The van der Waals surface area contributed by atoms with Crippen molar-refractivity contribution in [1.29, 1.82) is 5.26 Å². The van der Waals surface area contributed by atoms with Crippen LogP contribution in [-0.2, 0) is 24.1 Å². The molecule has 2 atom stereocenters. The van der Waals surface area contributed by atoms with Gasteiger partial charge in [0.1, 0.15) is 18.2 Å². The fourth-order valence-electron chi connectivity index (χ4n) is 6.27. The van der Waals surface area contributed by atoms with Crippen molar-refractivity contribution >= 4 is 17.4 Å². The number of likely N-dealkylation sites (N-methyl/N-ethyl adjacent to an activating group) is 1. The van der Waals surface area contributed by atoms with Gasteiger partial charge in [-0.3, -0.25) is 4.79 Å². The van der Waals surface area contributed by atoms with Crippen LogP contribution in [-0.4, -0.2) is 84.1 Å². The predicted octanol–water partition coefficient (Wildman–Crippen LogP) is 3.74. The zero-order chi connectivity index (χ0) is 28.8. The van der Waals surface area contributed by atoms with Crippen LogP contribution in [0.5, 0.6) is 6.01 Å². The van der Waals surface area contributed by atoms with Gasteiger partial charge in [-0.1, -0.05) is 18.7 Å². The van der Waals surface area contributed by atoms with E-state index in [2.05, 4.69) is 34.8 Å². The number of piperazine rings is 1. The first-order chi connectivity index (χ1) is 20.0. The van der Waals surface area contributed by atoms with Crippen LogP contribution >= 0.6 is 0 Å². The molecule has 3 aliphatic heterocycles. The fraction of sp³-hybridized carbons (Fsp3) is 0.548. The quantitative estimate of drug-likeness (QED) is 0.533. The van der Waals surface area contributed by atoms with Crippen LogP contribution in [0.1, 0.15) is 48.9 Å². The molecule has 2 fully saturated rings. The number of likely N-dealkylation sites (tertiary alicyclic amines) is 1. The average Bonchev–Trinajstić information content (AvgIpc) is 3.65. The zero-order valence-electron chi connectivity index (χ0n) is 23.9. The van der Waals surface area contributed by atoms with Crippen molar-refractivity contribution in [3.63, 3.8) is 0 Å². The molecule has 0 saturated carbocycles. The maximum Gasteiger partial charge on any atom is 0.318 e. The van der Waals surface area contributed by atoms with Crippen molar-refractivity contribution in [1.82, 2.24) is 19.8 Å². The third kappa shape index (κ3) is 6.62. The van der Waals surface area contributed by atoms with Crippen LogP contribution in [0.4, 0.5) is 15.9 Å². The molecule has 41 heavy (non-hydrogen) atoms. The minimum Gasteiger partial charge on any atom is -0.462 e. The van der Waals surface area contributed by atoms with Crippen LogP contribution in [0.25, 0.3) is 0 Å². The first-order valence-electron chi connectivity index (χ1n) is 14.8. The number of carbonyl (C=O) groups is 1. The smallest absolute Gasteiger partial charge is 0.318 e. The number of fused-ring (bicyclic) bond motifs is 2. The number of hydrogen-bond acceptors (Lipinski definition) is 8. The van der Waals surface area contributed by atoms with E-state index in [-0.39, 0.29) is 17.8 Å². The van der Waals surface area contributed by atoms with Crippen LogP contribution in [0.2, 0.25) is 0 Å². The van der Waals surface area contributed by atoms with Crippen molar-refractivity contribution < 1.29 is 13.9 Å². The number of nitriles is 1. The molecule has 1 N–H and O–H groups in total. The third-order valence-electron chi connectivity index (χ3n) is 8.58. The molecule has 10 heteroatoms. The summed E-state index contributed by atoms with van der Waals surface area (Å²) >= 11 is 0. The van der Waals surface area contributed by atoms with E-state index in [9.17, 15) is 14.4 Å². The van der Waals surface area contributed by atoms with Gasteiger partial charge in [-0.2, -0.15) is 15.2 Å². The average molecular weight is 562 g/mol. The first kappa shape index (κ1) is 28.8. The van der Waals surface area contributed by atoms with Gasteiger partial charge in [-0.25, -0.2) is 4.39 Å². The molecule has 1 amide bonds. The van der Waals surface area contributed by atoms with E-state index in [4.69, 9.17) is 14.7 Å². The first-order valence-corrected chi connectivity index (χ1v) is 14.8. The topological polar surface area (TPSA) is 97.6 Å². The SMILES string of the molecule is C=CC(=O)N1CCN(c2nc(OC[C@@H]3CCCN3C)nc3c2CCCC3)C[C@@H]1CC#N.Fc1cccc2c1NCC2. The van der Waals surface area contributed by atoms with Crippen LogP contribution in [0, 0.1) is 17.1 Å². The number of aryl methyl sites for hydroxylation is 1. The monoisotopic (exact) mass is 561 g/mol. The Bertz CT molecular complexity index is 1300. The summed E-state index contributed by atoms with van der Waals surface area (Å²) in [6, 6.07) is 8.12. The van der Waals surface area contributed by atoms with E-state index in [1.54, 1.807) is 11.0 Å². The molecular formula is C31H40FN7O2. The van der Waals surface area contributed by atoms with Gasteiger partial charge in [-0.15, -0.1) is 0 Å². The number of para-hydroxylation sites is 1. The van der Waals surface area contributed by atoms with Gasteiger partial charge in [0.2, 0.25) is 5.91 Å². The largest absolute Gasteiger partial charge is 0.462 e. The number of nitrogens with zero attached hydrogens (tertiary/aromatic N) is 6. The lowest BCUT2D eigenvalue weighted by Crippen LogP contribution is -2.55. The molecule has 0 unspecified atom stereocenters. The summed E-state index contributed by atoms with van der Waals surface area (Å²) in [5.74, 6) is 0.678. The van der Waals surface area contributed by atoms with Gasteiger partial charge in [0.25, 0.3) is 0 Å². The molecular weight excluding hydrogens is 521 g/mol. The Kier molecular flexibility index (Phi) is 9.35. The highest BCUT2D eigenvalue weighted by Crippen LogP contribution is 2.32. The second-order valence-corrected chi connectivity index (χ2v) is 11.2. The van der Waals surface area contributed by atoms with Crippen molar-refractivity contribution in [3.8, 4) is 12.1 Å². The van der Waals surface area contributed by atoms with E-state index >= 15 is 0 Å². The van der Waals surface area contributed by atoms with Crippen LogP contribution < -0.4 is 15.0 Å². The second kappa shape index (κ2) is 13.3. The lowest BCUT2D eigenvalue weighted by Gasteiger charge is -2.41. The second-order valence-electron chi connectivity index (χ2n) is 11.2. The number of hydrogen-bond donors (Lipinski definition) is 1. The molecule has 1 aromatic heterocycles. The lowest BCUT2D eigenvalue weighted by molar-refractivity contribution is -0.128. The number of carbonyl (C=O) groups excluding carboxylic acids is 1. The number of rotatable bonds is 6. The summed E-state index contributed by atoms with van der Waals surface area (Å²) in [4.78, 5) is 28.2. The van der Waals surface area contributed by atoms with Crippen molar-refractivity contribution in [2.75, 3.05) is 56.6 Å². The van der Waals surface area contributed by atoms with E-state index in [0.717, 1.165) is 68.7 Å². The van der Waals surface area contributed by atoms with Crippen molar-refractivity contribution in [2.45, 2.75) is 63.5 Å². The molecule has 2 aromatic rings. The highest BCUT2D eigenvalue weighted by Gasteiger charge is 2.32. The summed E-state index contributed by atoms with van der Waals surface area (Å²) in [6.07, 6.45) is 9.09. The van der Waals surface area contributed by atoms with Gasteiger partial charge in [0, 0.05) is 37.8 Å². The minimum atomic E-state index is -0.171. The summed E-state index contributed by atoms with van der Waals surface area (Å²) in [6.45, 7) is 8.01. The summed E-state index contributed by atoms with van der Waals surface area (Å²) in [5, 5.41) is 12.3. The number of amides is 1. The molecule has 1 aliphatic carbocycles. The predicted molar refractivity (Wildman–Crippen MR) is 157 cm³/mol. The number of ether oxygens (including phenoxy) is 1. The molecule has 4 heterocycles. The molecule has 0 spiro atoms. The number of nitrogens with one attached hydrogen (secondary N) is 1. The highest BCUT2D eigenvalue weighted by atomic mass is 19.1. The summed E-state index contributed by atoms with van der Waals surface area (Å²) < 4.78 is 18.9. The van der Waals surface area contributed by atoms with Crippen molar-refractivity contribution in [2.24, 2.45) is 0 Å². The Hall–Kier alpha value is -3.71. The Balaban J connectivity index is 0.000000282. The maximum absolute atomic E-state index is 12.8. The van der Waals surface area contributed by atoms with E-state index in [0.29, 0.717) is 50.4 Å². The van der Waals surface area contributed by atoms with Gasteiger partial charge in [0.05, 0.1) is 29.9 Å². The Morgan fingerprint density at radius 2 is 2.05 bits per heavy atom. The molecule has 0 bridgehead atoms. The molecule has 1 aromatic carbocycles. The molecule has 4 aliphatic rings. The fourth-order valence-corrected chi connectivity index (χ4v) is 6.27. The number of anilines is 2. The maximum atomic E-state index is 12.8. The van der Waals surface area contributed by atoms with Gasteiger partial charge < -0.3 is 24.8 Å². The Morgan fingerprint density at radius 3 is 2.80 bits per heavy atom. The number of aromatic nitrogens is 2. The number of halogens is 1. The minimum absolute atomic E-state index is 0.116. The zero-order valence-corrected chi connectivity index (χ0v) is 23.9. The normalized spacial score (nSPS) is 21.6. The van der Waals surface area contributed by atoms with Crippen LogP contribution in [0.15, 0.2) is 30.9 Å². The van der Waals surface area contributed by atoms with Gasteiger partial charge >= 0.3 is 6.01 Å². The van der Waals surface area contributed by atoms with E-state index in [1.165, 1.54) is 24.1 Å². The number of benzene rings is 1. The molecule has 2 saturated heterocycles. The summed E-state index contributed by atoms with van der Waals surface area (Å²) in [7, 11) is 2.14. The van der Waals surface area contributed by atoms with E-state index < -0.39 is 0 Å². The van der Waals surface area contributed by atoms with Crippen molar-refractivity contribution in [3.05, 3.63) is 53.5 Å². The molecule has 218 valence electrons. The molecule has 9 nitrogen and oxygen atoms in total. The third-order valence-corrected chi connectivity index (χ3v) is 8.58. The van der Waals surface area contributed by atoms with Gasteiger partial charge in [0.15, 0.2) is 0 Å². The molecule has 0 radical (unpaired) electrons. The summed E-state index contributed by atoms with van der Waals surface area (Å²) in [5.41, 5.74) is 4.09. The Labute approximate surface area is 242 Å². The standard InChI is InChI=1S/C23H32N6O2.C8H8FN/c1-3-21(30)29-14-13-28(15-17(29)10-11-24)22-19-8-4-5-9-20(19)25-23(26-22)31-16-18-7-6-12-27(18)2;9-7-3-1-2-6-4-5-10-8(6)7/h3,17-18H,1,4-10,12-16H2,2H3;1-3,10H,4-5H2/t17-,18-;/m0./s1. The Morgan fingerprint density at radius 1 is 1.20 bits per heavy atom. The highest BCUT2D eigenvalue weighted by molar-refractivity contribution is 5.87. The molecule has 6 rings (SSSR count). The lowest BCUT2D eigenvalue weighted by atomic mass is 9.95. The van der Waals surface area contributed by atoms with Gasteiger partial charge in [-0.05, 0) is 76.2 Å². The van der Waals surface area contributed by atoms with E-state index in [1.807, 2.05) is 6.07 Å². The van der Waals surface area contributed by atoms with Crippen LogP contribution in [0.3, 0.4) is 0 Å².